The first-order valence-corrected chi connectivity index (χ1v) is 4.53. The maximum atomic E-state index is 4.09. The normalized spacial score (nSPS) is 11.2. The molecule has 0 radical (unpaired) electrons. The Morgan fingerprint density at radius 1 is 1.21 bits per heavy atom. The van der Waals surface area contributed by atoms with E-state index in [9.17, 15) is 0 Å². The molecule has 0 N–H and O–H groups in total. The fourth-order valence-electron chi connectivity index (χ4n) is 1.73. The molecule has 2 heterocycles. The molecule has 1 aromatic carbocycles. The average Bonchev–Trinajstić information content (AvgIpc) is 2.65. The molecule has 0 amide bonds. The molecule has 0 bridgehead atoms. The van der Waals surface area contributed by atoms with Crippen molar-refractivity contribution in [3.05, 3.63) is 42.4 Å². The smallest absolute Gasteiger partial charge is 0.168 e. The molecule has 0 spiro atoms. The second-order valence-electron chi connectivity index (χ2n) is 3.47. The number of nitrogens with zero attached hydrogens (tertiary/aromatic N) is 3. The quantitative estimate of drug-likeness (QED) is 0.534. The number of fused-ring (bicyclic) bond motifs is 3. The van der Waals surface area contributed by atoms with Gasteiger partial charge in [0.05, 0.1) is 0 Å². The van der Waals surface area contributed by atoms with Gasteiger partial charge in [0.1, 0.15) is 6.33 Å². The molecule has 0 aliphatic rings. The molecule has 3 heteroatoms. The van der Waals surface area contributed by atoms with Gasteiger partial charge in [0.25, 0.3) is 0 Å². The molecule has 0 aliphatic heterocycles. The maximum absolute atomic E-state index is 4.09. The van der Waals surface area contributed by atoms with E-state index in [0.29, 0.717) is 0 Å². The van der Waals surface area contributed by atoms with Crippen LogP contribution in [-0.2, 0) is 0 Å². The van der Waals surface area contributed by atoms with E-state index in [0.717, 1.165) is 11.0 Å². The number of rotatable bonds is 0. The van der Waals surface area contributed by atoms with Crippen LogP contribution >= 0.6 is 0 Å². The summed E-state index contributed by atoms with van der Waals surface area (Å²) in [6.07, 6.45) is 3.70. The van der Waals surface area contributed by atoms with Crippen molar-refractivity contribution in [1.82, 2.24) is 14.6 Å². The molecule has 0 aliphatic carbocycles. The number of aryl methyl sites for hydroxylation is 1. The monoisotopic (exact) mass is 183 g/mol. The highest BCUT2D eigenvalue weighted by Crippen LogP contribution is 2.18. The zero-order chi connectivity index (χ0) is 9.54. The average molecular weight is 183 g/mol. The van der Waals surface area contributed by atoms with E-state index in [1.807, 2.05) is 10.6 Å². The van der Waals surface area contributed by atoms with Crippen molar-refractivity contribution in [3.63, 3.8) is 0 Å². The van der Waals surface area contributed by atoms with Gasteiger partial charge in [-0.15, -0.1) is 10.2 Å². The van der Waals surface area contributed by atoms with Crippen molar-refractivity contribution in [1.29, 1.82) is 0 Å². The van der Waals surface area contributed by atoms with Gasteiger partial charge < -0.3 is 0 Å². The molecule has 3 nitrogen and oxygen atoms in total. The van der Waals surface area contributed by atoms with E-state index >= 15 is 0 Å². The van der Waals surface area contributed by atoms with Crippen molar-refractivity contribution >= 4 is 16.4 Å². The Bertz CT molecular complexity index is 610. The minimum absolute atomic E-state index is 0.919. The van der Waals surface area contributed by atoms with Gasteiger partial charge in [-0.25, -0.2) is 0 Å². The Kier molecular flexibility index (Phi) is 1.36. The topological polar surface area (TPSA) is 30.2 Å². The highest BCUT2D eigenvalue weighted by Gasteiger charge is 2.01. The number of benzene rings is 1. The Labute approximate surface area is 81.0 Å². The van der Waals surface area contributed by atoms with Crippen LogP contribution in [0.2, 0.25) is 0 Å². The SMILES string of the molecule is Cc1ccc2c(ccn3cnnc23)c1. The van der Waals surface area contributed by atoms with Crippen LogP contribution in [0.25, 0.3) is 16.4 Å². The van der Waals surface area contributed by atoms with Crippen LogP contribution in [0.15, 0.2) is 36.8 Å². The third kappa shape index (κ3) is 0.923. The Morgan fingerprint density at radius 3 is 3.07 bits per heavy atom. The van der Waals surface area contributed by atoms with Gasteiger partial charge in [-0.05, 0) is 18.4 Å². The van der Waals surface area contributed by atoms with Crippen LogP contribution in [0.1, 0.15) is 5.56 Å². The number of hydrogen-bond acceptors (Lipinski definition) is 2. The summed E-state index contributed by atoms with van der Waals surface area (Å²) >= 11 is 0. The lowest BCUT2D eigenvalue weighted by atomic mass is 10.1. The summed E-state index contributed by atoms with van der Waals surface area (Å²) in [7, 11) is 0. The fraction of sp³-hybridized carbons (Fsp3) is 0.0909. The lowest BCUT2D eigenvalue weighted by Gasteiger charge is -2.00. The molecule has 2 aromatic heterocycles. The number of hydrogen-bond donors (Lipinski definition) is 0. The van der Waals surface area contributed by atoms with Gasteiger partial charge >= 0.3 is 0 Å². The lowest BCUT2D eigenvalue weighted by molar-refractivity contribution is 1.10. The van der Waals surface area contributed by atoms with Crippen molar-refractivity contribution in [2.75, 3.05) is 0 Å². The Balaban J connectivity index is 2.57. The third-order valence-corrected chi connectivity index (χ3v) is 2.44. The summed E-state index contributed by atoms with van der Waals surface area (Å²) in [4.78, 5) is 0. The molecule has 68 valence electrons. The molecule has 0 saturated heterocycles. The molecule has 0 atom stereocenters. The van der Waals surface area contributed by atoms with Gasteiger partial charge in [0, 0.05) is 11.6 Å². The van der Waals surface area contributed by atoms with Crippen LogP contribution in [0.4, 0.5) is 0 Å². The van der Waals surface area contributed by atoms with E-state index < -0.39 is 0 Å². The minimum atomic E-state index is 0.919. The third-order valence-electron chi connectivity index (χ3n) is 2.44. The summed E-state index contributed by atoms with van der Waals surface area (Å²) in [5.41, 5.74) is 2.18. The van der Waals surface area contributed by atoms with E-state index in [2.05, 4.69) is 41.4 Å². The van der Waals surface area contributed by atoms with Crippen molar-refractivity contribution < 1.29 is 0 Å². The maximum Gasteiger partial charge on any atom is 0.168 e. The standard InChI is InChI=1S/C11H9N3/c1-8-2-3-10-9(6-8)4-5-14-7-12-13-11(10)14/h2-7H,1H3. The van der Waals surface area contributed by atoms with Gasteiger partial charge in [-0.2, -0.15) is 0 Å². The summed E-state index contributed by atoms with van der Waals surface area (Å²) < 4.78 is 1.93. The van der Waals surface area contributed by atoms with Crippen molar-refractivity contribution in [2.45, 2.75) is 6.92 Å². The first kappa shape index (κ1) is 7.50. The molecule has 0 unspecified atom stereocenters. The summed E-state index contributed by atoms with van der Waals surface area (Å²) in [6, 6.07) is 8.43. The highest BCUT2D eigenvalue weighted by molar-refractivity contribution is 5.93. The first-order valence-electron chi connectivity index (χ1n) is 4.53. The summed E-state index contributed by atoms with van der Waals surface area (Å²) in [6.45, 7) is 2.09. The molecular formula is C11H9N3. The molecule has 14 heavy (non-hydrogen) atoms. The summed E-state index contributed by atoms with van der Waals surface area (Å²) in [5, 5.41) is 10.3. The van der Waals surface area contributed by atoms with Crippen LogP contribution in [0.5, 0.6) is 0 Å². The van der Waals surface area contributed by atoms with Gasteiger partial charge in [0.2, 0.25) is 0 Å². The van der Waals surface area contributed by atoms with E-state index in [1.165, 1.54) is 10.9 Å². The number of pyridine rings is 1. The molecule has 3 rings (SSSR count). The van der Waals surface area contributed by atoms with Crippen molar-refractivity contribution in [2.24, 2.45) is 0 Å². The Morgan fingerprint density at radius 2 is 2.14 bits per heavy atom. The molecule has 3 aromatic rings. The van der Waals surface area contributed by atoms with Gasteiger partial charge in [0.15, 0.2) is 5.65 Å². The zero-order valence-corrected chi connectivity index (χ0v) is 7.81. The summed E-state index contributed by atoms with van der Waals surface area (Å²) in [5.74, 6) is 0. The van der Waals surface area contributed by atoms with Crippen LogP contribution in [0, 0.1) is 6.92 Å². The Hall–Kier alpha value is -1.90. The predicted molar refractivity (Wildman–Crippen MR) is 55.2 cm³/mol. The highest BCUT2D eigenvalue weighted by atomic mass is 15.2. The van der Waals surface area contributed by atoms with E-state index in [4.69, 9.17) is 0 Å². The minimum Gasteiger partial charge on any atom is -0.289 e. The molecular weight excluding hydrogens is 174 g/mol. The molecule has 0 fully saturated rings. The van der Waals surface area contributed by atoms with Gasteiger partial charge in [-0.3, -0.25) is 4.40 Å². The van der Waals surface area contributed by atoms with E-state index in [1.54, 1.807) is 6.33 Å². The van der Waals surface area contributed by atoms with E-state index in [-0.39, 0.29) is 0 Å². The molecule has 0 saturated carbocycles. The first-order chi connectivity index (χ1) is 6.84. The van der Waals surface area contributed by atoms with Gasteiger partial charge in [-0.1, -0.05) is 23.8 Å². The lowest BCUT2D eigenvalue weighted by Crippen LogP contribution is -1.84. The predicted octanol–water partition coefficient (Wildman–Crippen LogP) is 2.19. The van der Waals surface area contributed by atoms with Crippen molar-refractivity contribution in [3.8, 4) is 0 Å². The zero-order valence-electron chi connectivity index (χ0n) is 7.81. The van der Waals surface area contributed by atoms with Crippen LogP contribution in [0.3, 0.4) is 0 Å². The fourth-order valence-corrected chi connectivity index (χ4v) is 1.73. The second kappa shape index (κ2) is 2.54. The largest absolute Gasteiger partial charge is 0.289 e. The second-order valence-corrected chi connectivity index (χ2v) is 3.47. The van der Waals surface area contributed by atoms with Crippen LogP contribution < -0.4 is 0 Å². The van der Waals surface area contributed by atoms with Crippen LogP contribution in [-0.4, -0.2) is 14.6 Å². The number of aromatic nitrogens is 3.